The lowest BCUT2D eigenvalue weighted by atomic mass is 9.96. The lowest BCUT2D eigenvalue weighted by Crippen LogP contribution is -2.48. The number of aromatic nitrogens is 1. The van der Waals surface area contributed by atoms with Crippen molar-refractivity contribution in [1.82, 2.24) is 9.88 Å². The summed E-state index contributed by atoms with van der Waals surface area (Å²) in [5, 5.41) is 10.2. The number of rotatable bonds is 3. The van der Waals surface area contributed by atoms with E-state index >= 15 is 0 Å². The fraction of sp³-hybridized carbons (Fsp3) is 0.600. The number of amides is 1. The highest BCUT2D eigenvalue weighted by Crippen LogP contribution is 2.28. The van der Waals surface area contributed by atoms with E-state index in [1.165, 1.54) is 0 Å². The van der Waals surface area contributed by atoms with Crippen molar-refractivity contribution >= 4 is 11.7 Å². The molecule has 1 aromatic rings. The Kier molecular flexibility index (Phi) is 3.99. The maximum absolute atomic E-state index is 12.5. The van der Waals surface area contributed by atoms with Crippen molar-refractivity contribution in [2.45, 2.75) is 38.3 Å². The molecule has 1 fully saturated rings. The van der Waals surface area contributed by atoms with Gasteiger partial charge in [0.05, 0.1) is 17.2 Å². The molecule has 0 radical (unpaired) electrons. The van der Waals surface area contributed by atoms with E-state index < -0.39 is 5.60 Å². The van der Waals surface area contributed by atoms with Gasteiger partial charge in [-0.05, 0) is 38.8 Å². The molecule has 1 aromatic heterocycles. The number of pyridine rings is 1. The predicted octanol–water partition coefficient (Wildman–Crippen LogP) is 1.52. The number of hydrogen-bond acceptors (Lipinski definition) is 4. The Labute approximate surface area is 120 Å². The van der Waals surface area contributed by atoms with Crippen LogP contribution in [0.1, 0.15) is 37.0 Å². The summed E-state index contributed by atoms with van der Waals surface area (Å²) in [7, 11) is 3.82. The molecular weight excluding hydrogens is 254 g/mol. The second-order valence-electron chi connectivity index (χ2n) is 6.11. The number of carbonyl (C=O) groups excluding carboxylic acids is 1. The summed E-state index contributed by atoms with van der Waals surface area (Å²) >= 11 is 0. The van der Waals surface area contributed by atoms with Crippen molar-refractivity contribution in [3.63, 3.8) is 0 Å². The van der Waals surface area contributed by atoms with Crippen LogP contribution in [0.25, 0.3) is 0 Å². The van der Waals surface area contributed by atoms with E-state index in [0.29, 0.717) is 12.1 Å². The molecule has 0 spiro atoms. The standard InChI is InChI=1S/C15H23N3O2/c1-15(2,20)12-6-5-9-18(12)14(19)11-7-8-13(16-10-11)17(3)4/h7-8,10,12,20H,5-6,9H2,1-4H3. The topological polar surface area (TPSA) is 56.7 Å². The molecule has 0 saturated carbocycles. The quantitative estimate of drug-likeness (QED) is 0.910. The monoisotopic (exact) mass is 277 g/mol. The second-order valence-corrected chi connectivity index (χ2v) is 6.11. The number of anilines is 1. The molecule has 1 aliphatic heterocycles. The molecular formula is C15H23N3O2. The minimum Gasteiger partial charge on any atom is -0.388 e. The van der Waals surface area contributed by atoms with Gasteiger partial charge in [-0.15, -0.1) is 0 Å². The number of hydrogen-bond donors (Lipinski definition) is 1. The minimum absolute atomic E-state index is 0.0487. The second kappa shape index (κ2) is 5.40. The van der Waals surface area contributed by atoms with Gasteiger partial charge in [-0.2, -0.15) is 0 Å². The van der Waals surface area contributed by atoms with E-state index in [2.05, 4.69) is 4.98 Å². The van der Waals surface area contributed by atoms with Crippen molar-refractivity contribution in [1.29, 1.82) is 0 Å². The van der Waals surface area contributed by atoms with Crippen LogP contribution in [0.4, 0.5) is 5.82 Å². The van der Waals surface area contributed by atoms with Crippen LogP contribution in [0.5, 0.6) is 0 Å². The van der Waals surface area contributed by atoms with Crippen LogP contribution in [0.3, 0.4) is 0 Å². The minimum atomic E-state index is -0.872. The van der Waals surface area contributed by atoms with Crippen LogP contribution in [-0.2, 0) is 0 Å². The van der Waals surface area contributed by atoms with Gasteiger partial charge in [0.25, 0.3) is 5.91 Å². The van der Waals surface area contributed by atoms with Gasteiger partial charge in [-0.1, -0.05) is 0 Å². The van der Waals surface area contributed by atoms with E-state index in [0.717, 1.165) is 18.7 Å². The molecule has 110 valence electrons. The summed E-state index contributed by atoms with van der Waals surface area (Å²) in [4.78, 5) is 20.5. The Hall–Kier alpha value is -1.62. The maximum Gasteiger partial charge on any atom is 0.255 e. The highest BCUT2D eigenvalue weighted by molar-refractivity contribution is 5.94. The molecule has 1 aliphatic rings. The molecule has 0 bridgehead atoms. The van der Waals surface area contributed by atoms with Gasteiger partial charge >= 0.3 is 0 Å². The molecule has 1 atom stereocenters. The van der Waals surface area contributed by atoms with Crippen molar-refractivity contribution in [3.05, 3.63) is 23.9 Å². The van der Waals surface area contributed by atoms with E-state index in [9.17, 15) is 9.90 Å². The third kappa shape index (κ3) is 2.93. The number of likely N-dealkylation sites (tertiary alicyclic amines) is 1. The summed E-state index contributed by atoms with van der Waals surface area (Å²) in [6.45, 7) is 4.22. The van der Waals surface area contributed by atoms with Crippen LogP contribution in [-0.4, -0.2) is 53.2 Å². The molecule has 1 unspecified atom stereocenters. The molecule has 1 N–H and O–H groups in total. The van der Waals surface area contributed by atoms with E-state index in [1.807, 2.05) is 25.1 Å². The lowest BCUT2D eigenvalue weighted by Gasteiger charge is -2.33. The molecule has 0 aliphatic carbocycles. The Morgan fingerprint density at radius 3 is 2.65 bits per heavy atom. The van der Waals surface area contributed by atoms with Crippen molar-refractivity contribution in [2.75, 3.05) is 25.5 Å². The van der Waals surface area contributed by atoms with E-state index in [4.69, 9.17) is 0 Å². The fourth-order valence-electron chi connectivity index (χ4n) is 2.69. The Morgan fingerprint density at radius 1 is 1.45 bits per heavy atom. The molecule has 2 rings (SSSR count). The van der Waals surface area contributed by atoms with Gasteiger partial charge in [-0.25, -0.2) is 4.98 Å². The van der Waals surface area contributed by atoms with Crippen LogP contribution in [0, 0.1) is 0 Å². The zero-order chi connectivity index (χ0) is 14.9. The van der Waals surface area contributed by atoms with Crippen LogP contribution >= 0.6 is 0 Å². The SMILES string of the molecule is CN(C)c1ccc(C(=O)N2CCCC2C(C)(C)O)cn1. The predicted molar refractivity (Wildman–Crippen MR) is 78.9 cm³/mol. The average Bonchev–Trinajstić information content (AvgIpc) is 2.87. The first kappa shape index (κ1) is 14.8. The smallest absolute Gasteiger partial charge is 0.255 e. The number of nitrogens with zero attached hydrogens (tertiary/aromatic N) is 3. The summed E-state index contributed by atoms with van der Waals surface area (Å²) < 4.78 is 0. The van der Waals surface area contributed by atoms with Gasteiger partial charge in [0.15, 0.2) is 0 Å². The summed E-state index contributed by atoms with van der Waals surface area (Å²) in [5.74, 6) is 0.773. The van der Waals surface area contributed by atoms with Crippen LogP contribution in [0.2, 0.25) is 0 Å². The van der Waals surface area contributed by atoms with E-state index in [1.54, 1.807) is 31.0 Å². The lowest BCUT2D eigenvalue weighted by molar-refractivity contribution is 0.000320. The molecule has 1 saturated heterocycles. The van der Waals surface area contributed by atoms with E-state index in [-0.39, 0.29) is 11.9 Å². The fourth-order valence-corrected chi connectivity index (χ4v) is 2.69. The normalized spacial score (nSPS) is 19.2. The molecule has 0 aromatic carbocycles. The molecule has 5 nitrogen and oxygen atoms in total. The van der Waals surface area contributed by atoms with Gasteiger partial charge in [0.2, 0.25) is 0 Å². The summed E-state index contributed by atoms with van der Waals surface area (Å²) in [6.07, 6.45) is 3.39. The van der Waals surface area contributed by atoms with Gasteiger partial charge < -0.3 is 14.9 Å². The highest BCUT2D eigenvalue weighted by Gasteiger charge is 2.38. The maximum atomic E-state index is 12.5. The van der Waals surface area contributed by atoms with Crippen LogP contribution in [0.15, 0.2) is 18.3 Å². The van der Waals surface area contributed by atoms with Crippen molar-refractivity contribution in [2.24, 2.45) is 0 Å². The third-order valence-electron chi connectivity index (χ3n) is 3.78. The average molecular weight is 277 g/mol. The Morgan fingerprint density at radius 2 is 2.15 bits per heavy atom. The van der Waals surface area contributed by atoms with Crippen molar-refractivity contribution in [3.8, 4) is 0 Å². The zero-order valence-electron chi connectivity index (χ0n) is 12.6. The molecule has 1 amide bonds. The van der Waals surface area contributed by atoms with Crippen molar-refractivity contribution < 1.29 is 9.90 Å². The molecule has 20 heavy (non-hydrogen) atoms. The summed E-state index contributed by atoms with van der Waals surface area (Å²) in [6, 6.07) is 3.51. The first-order chi connectivity index (χ1) is 9.30. The third-order valence-corrected chi connectivity index (χ3v) is 3.78. The summed E-state index contributed by atoms with van der Waals surface area (Å²) in [5.41, 5.74) is -0.296. The van der Waals surface area contributed by atoms with Crippen LogP contribution < -0.4 is 4.90 Å². The number of carbonyl (C=O) groups is 1. The highest BCUT2D eigenvalue weighted by atomic mass is 16.3. The Bertz CT molecular complexity index is 477. The number of aliphatic hydroxyl groups is 1. The van der Waals surface area contributed by atoms with Gasteiger partial charge in [-0.3, -0.25) is 4.79 Å². The van der Waals surface area contributed by atoms with Gasteiger partial charge in [0, 0.05) is 26.8 Å². The molecule has 5 heteroatoms. The Balaban J connectivity index is 2.18. The van der Waals surface area contributed by atoms with Gasteiger partial charge in [0.1, 0.15) is 5.82 Å². The first-order valence-corrected chi connectivity index (χ1v) is 6.97. The molecule has 2 heterocycles. The largest absolute Gasteiger partial charge is 0.388 e. The first-order valence-electron chi connectivity index (χ1n) is 6.97. The zero-order valence-corrected chi connectivity index (χ0v) is 12.6.